The lowest BCUT2D eigenvalue weighted by Crippen LogP contribution is -2.42. The van der Waals surface area contributed by atoms with Gasteiger partial charge in [0.15, 0.2) is 11.6 Å². The van der Waals surface area contributed by atoms with Crippen LogP contribution in [0.15, 0.2) is 24.4 Å². The highest BCUT2D eigenvalue weighted by atomic mass is 32.2. The lowest BCUT2D eigenvalue weighted by Gasteiger charge is -2.40. The summed E-state index contributed by atoms with van der Waals surface area (Å²) in [6, 6.07) is 5.09. The maximum Gasteiger partial charge on any atom is 0.165 e. The van der Waals surface area contributed by atoms with Crippen LogP contribution in [-0.2, 0) is 11.0 Å². The van der Waals surface area contributed by atoms with Gasteiger partial charge in [-0.2, -0.15) is 0 Å². The first-order chi connectivity index (χ1) is 13.0. The van der Waals surface area contributed by atoms with Crippen molar-refractivity contribution < 1.29 is 13.3 Å². The first-order valence-electron chi connectivity index (χ1n) is 9.09. The molecule has 2 aliphatic rings. The van der Waals surface area contributed by atoms with E-state index in [0.29, 0.717) is 0 Å². The Morgan fingerprint density at radius 2 is 2.04 bits per heavy atom. The lowest BCUT2D eigenvalue weighted by atomic mass is 9.77. The fraction of sp³-hybridized carbons (Fsp3) is 0.474. The quantitative estimate of drug-likeness (QED) is 0.644. The van der Waals surface area contributed by atoms with Crippen molar-refractivity contribution in [2.75, 3.05) is 38.2 Å². The van der Waals surface area contributed by atoms with Gasteiger partial charge in [-0.05, 0) is 36.8 Å². The molecule has 2 fully saturated rings. The number of anilines is 1. The largest absolute Gasteiger partial charge is 0.494 e. The third kappa shape index (κ3) is 3.32. The van der Waals surface area contributed by atoms with Gasteiger partial charge >= 0.3 is 0 Å². The van der Waals surface area contributed by atoms with Crippen molar-refractivity contribution in [3.05, 3.63) is 30.2 Å². The highest BCUT2D eigenvalue weighted by molar-refractivity contribution is 7.96. The standard InChI is InChI=1S/C19H23FN4O2S/c1-26-18-11-16-14(10-15(18)20)17(2-6-22-16)23-7-3-19(4-8-23)5-9-24(12-19)27(25)13-21/h2,6,10-11,13,21H,3-5,7-9,12H2,1H3. The first-order valence-corrected chi connectivity index (χ1v) is 10.3. The van der Waals surface area contributed by atoms with E-state index >= 15 is 0 Å². The number of nitrogens with one attached hydrogen (secondary N) is 1. The van der Waals surface area contributed by atoms with Crippen LogP contribution in [0.5, 0.6) is 5.75 Å². The van der Waals surface area contributed by atoms with Crippen LogP contribution in [0.2, 0.25) is 0 Å². The molecule has 1 N–H and O–H groups in total. The van der Waals surface area contributed by atoms with Crippen molar-refractivity contribution in [2.45, 2.75) is 19.3 Å². The number of methoxy groups -OCH3 is 1. The first kappa shape index (κ1) is 18.3. The number of pyridine rings is 1. The molecule has 2 saturated heterocycles. The van der Waals surface area contributed by atoms with Crippen molar-refractivity contribution in [1.29, 1.82) is 5.41 Å². The number of nitrogens with zero attached hydrogens (tertiary/aromatic N) is 3. The van der Waals surface area contributed by atoms with Gasteiger partial charge in [0.2, 0.25) is 0 Å². The van der Waals surface area contributed by atoms with Crippen LogP contribution in [0.1, 0.15) is 19.3 Å². The van der Waals surface area contributed by atoms with Gasteiger partial charge in [0.1, 0.15) is 11.0 Å². The van der Waals surface area contributed by atoms with Crippen molar-refractivity contribution in [3.8, 4) is 5.75 Å². The molecular weight excluding hydrogens is 367 g/mol. The van der Waals surface area contributed by atoms with E-state index in [1.165, 1.54) is 13.2 Å². The molecule has 2 aliphatic heterocycles. The minimum absolute atomic E-state index is 0.173. The summed E-state index contributed by atoms with van der Waals surface area (Å²) in [6.07, 6.45) is 4.77. The minimum atomic E-state index is -1.30. The Hall–Kier alpha value is -2.06. The second-order valence-electron chi connectivity index (χ2n) is 7.33. The average molecular weight is 390 g/mol. The Balaban J connectivity index is 1.54. The second-order valence-corrected chi connectivity index (χ2v) is 8.63. The fourth-order valence-corrected chi connectivity index (χ4v) is 5.14. The number of aromatic nitrogens is 1. The van der Waals surface area contributed by atoms with Gasteiger partial charge in [0.25, 0.3) is 0 Å². The van der Waals surface area contributed by atoms with E-state index in [1.807, 2.05) is 10.4 Å². The second kappa shape index (κ2) is 7.16. The normalized spacial score (nSPS) is 20.9. The minimum Gasteiger partial charge on any atom is -0.494 e. The number of rotatable bonds is 4. The third-order valence-electron chi connectivity index (χ3n) is 5.92. The van der Waals surface area contributed by atoms with Crippen LogP contribution in [0.4, 0.5) is 10.1 Å². The smallest absolute Gasteiger partial charge is 0.165 e. The molecule has 1 aromatic carbocycles. The van der Waals surface area contributed by atoms with Crippen molar-refractivity contribution in [2.24, 2.45) is 5.41 Å². The van der Waals surface area contributed by atoms with E-state index in [4.69, 9.17) is 10.1 Å². The fourth-order valence-electron chi connectivity index (χ4n) is 4.32. The molecule has 1 spiro atoms. The van der Waals surface area contributed by atoms with E-state index in [-0.39, 0.29) is 17.0 Å². The van der Waals surface area contributed by atoms with Gasteiger partial charge in [0, 0.05) is 49.5 Å². The molecule has 4 rings (SSSR count). The molecule has 1 unspecified atom stereocenters. The molecule has 144 valence electrons. The van der Waals surface area contributed by atoms with E-state index in [9.17, 15) is 8.60 Å². The van der Waals surface area contributed by atoms with Crippen LogP contribution in [-0.4, -0.2) is 52.3 Å². The van der Waals surface area contributed by atoms with Crippen LogP contribution >= 0.6 is 0 Å². The Labute approximate surface area is 160 Å². The van der Waals surface area contributed by atoms with Gasteiger partial charge in [-0.15, -0.1) is 0 Å². The average Bonchev–Trinajstić information content (AvgIpc) is 3.11. The molecule has 1 aromatic heterocycles. The van der Waals surface area contributed by atoms with Crippen molar-refractivity contribution in [3.63, 3.8) is 0 Å². The summed E-state index contributed by atoms with van der Waals surface area (Å²) >= 11 is 0. The van der Waals surface area contributed by atoms with Gasteiger partial charge in [0.05, 0.1) is 18.2 Å². The highest BCUT2D eigenvalue weighted by Gasteiger charge is 2.42. The zero-order chi connectivity index (χ0) is 19.0. The predicted molar refractivity (Wildman–Crippen MR) is 105 cm³/mol. The molecule has 1 atom stereocenters. The monoisotopic (exact) mass is 390 g/mol. The maximum atomic E-state index is 14.2. The lowest BCUT2D eigenvalue weighted by molar-refractivity contribution is 0.236. The number of ether oxygens (including phenoxy) is 1. The van der Waals surface area contributed by atoms with E-state index in [1.54, 1.807) is 12.3 Å². The Kier molecular flexibility index (Phi) is 4.86. The van der Waals surface area contributed by atoms with Crippen molar-refractivity contribution in [1.82, 2.24) is 9.29 Å². The summed E-state index contributed by atoms with van der Waals surface area (Å²) in [7, 11) is 0.153. The van der Waals surface area contributed by atoms with Crippen LogP contribution < -0.4 is 9.64 Å². The number of benzene rings is 1. The topological polar surface area (TPSA) is 69.5 Å². The number of hydrogen-bond acceptors (Lipinski definition) is 5. The molecule has 0 saturated carbocycles. The zero-order valence-corrected chi connectivity index (χ0v) is 16.1. The summed E-state index contributed by atoms with van der Waals surface area (Å²) in [5.74, 6) is -0.178. The molecule has 0 aliphatic carbocycles. The van der Waals surface area contributed by atoms with Gasteiger partial charge < -0.3 is 9.64 Å². The molecular formula is C19H23FN4O2S. The third-order valence-corrected chi connectivity index (χ3v) is 6.94. The predicted octanol–water partition coefficient (Wildman–Crippen LogP) is 2.95. The Morgan fingerprint density at radius 1 is 1.30 bits per heavy atom. The maximum absolute atomic E-state index is 14.2. The summed E-state index contributed by atoms with van der Waals surface area (Å²) in [5, 5.41) is 8.02. The summed E-state index contributed by atoms with van der Waals surface area (Å²) in [5.41, 5.74) is 2.90. The number of hydrogen-bond donors (Lipinski definition) is 1. The van der Waals surface area contributed by atoms with Gasteiger partial charge in [-0.1, -0.05) is 0 Å². The summed E-state index contributed by atoms with van der Waals surface area (Å²) < 4.78 is 33.1. The number of piperidine rings is 1. The van der Waals surface area contributed by atoms with E-state index < -0.39 is 11.0 Å². The Bertz CT molecular complexity index is 899. The summed E-state index contributed by atoms with van der Waals surface area (Å²) in [6.45, 7) is 3.31. The molecule has 0 amide bonds. The summed E-state index contributed by atoms with van der Waals surface area (Å²) in [4.78, 5) is 6.65. The highest BCUT2D eigenvalue weighted by Crippen LogP contribution is 2.42. The number of halogens is 1. The van der Waals surface area contributed by atoms with E-state index in [2.05, 4.69) is 9.88 Å². The van der Waals surface area contributed by atoms with Crippen LogP contribution in [0, 0.1) is 16.6 Å². The molecule has 6 nitrogen and oxygen atoms in total. The van der Waals surface area contributed by atoms with Gasteiger partial charge in [-0.25, -0.2) is 12.9 Å². The van der Waals surface area contributed by atoms with Crippen LogP contribution in [0.3, 0.4) is 0 Å². The molecule has 27 heavy (non-hydrogen) atoms. The molecule has 2 aromatic rings. The van der Waals surface area contributed by atoms with Crippen molar-refractivity contribution >= 4 is 33.1 Å². The molecule has 0 radical (unpaired) electrons. The zero-order valence-electron chi connectivity index (χ0n) is 15.3. The van der Waals surface area contributed by atoms with E-state index in [0.717, 1.165) is 67.6 Å². The van der Waals surface area contributed by atoms with Gasteiger partial charge in [-0.3, -0.25) is 10.4 Å². The SMILES string of the molecule is COc1cc2nccc(N3CCC4(CC3)CCN(S(=O)C=N)C4)c2cc1F. The molecule has 0 bridgehead atoms. The molecule has 3 heterocycles. The number of fused-ring (bicyclic) bond motifs is 1. The van der Waals surface area contributed by atoms with Crippen LogP contribution in [0.25, 0.3) is 10.9 Å². The molecule has 8 heteroatoms. The Morgan fingerprint density at radius 3 is 2.74 bits per heavy atom.